The van der Waals surface area contributed by atoms with Crippen molar-refractivity contribution in [2.75, 3.05) is 6.54 Å². The predicted molar refractivity (Wildman–Crippen MR) is 67.4 cm³/mol. The number of carbonyl (C=O) groups excluding carboxylic acids is 2. The van der Waals surface area contributed by atoms with Gasteiger partial charge in [0.25, 0.3) is 0 Å². The molecule has 17 heavy (non-hydrogen) atoms. The molecule has 0 bridgehead atoms. The van der Waals surface area contributed by atoms with Crippen LogP contribution in [0.3, 0.4) is 0 Å². The fourth-order valence-corrected chi connectivity index (χ4v) is 2.23. The molecule has 0 aromatic heterocycles. The monoisotopic (exact) mass is 238 g/mol. The first kappa shape index (κ1) is 13.7. The number of hydrogen-bond acceptors (Lipinski definition) is 2. The van der Waals surface area contributed by atoms with Gasteiger partial charge in [-0.25, -0.2) is 0 Å². The van der Waals surface area contributed by atoms with Crippen LogP contribution in [0.4, 0.5) is 0 Å². The molecule has 1 saturated heterocycles. The standard InChI is InChI=1S/C13H22N2O2/c1-6-9-15-11(17)13(7-2,8-3)14-10(16)12(15,4)5/h6H,1,7-9H2,2-5H3,(H,14,16). The maximum atomic E-state index is 12.5. The summed E-state index contributed by atoms with van der Waals surface area (Å²) in [6.07, 6.45) is 2.88. The van der Waals surface area contributed by atoms with E-state index in [1.54, 1.807) is 24.8 Å². The van der Waals surface area contributed by atoms with Crippen molar-refractivity contribution in [2.45, 2.75) is 51.6 Å². The molecule has 96 valence electrons. The molecule has 0 aromatic carbocycles. The Hall–Kier alpha value is -1.32. The second-order valence-corrected chi connectivity index (χ2v) is 5.01. The average Bonchev–Trinajstić information content (AvgIpc) is 2.30. The third-order valence-corrected chi connectivity index (χ3v) is 3.76. The minimum Gasteiger partial charge on any atom is -0.340 e. The third-order valence-electron chi connectivity index (χ3n) is 3.76. The first-order chi connectivity index (χ1) is 7.85. The van der Waals surface area contributed by atoms with E-state index in [0.717, 1.165) is 0 Å². The molecule has 0 radical (unpaired) electrons. The van der Waals surface area contributed by atoms with Gasteiger partial charge in [-0.3, -0.25) is 9.59 Å². The van der Waals surface area contributed by atoms with Gasteiger partial charge in [0.1, 0.15) is 11.1 Å². The minimum atomic E-state index is -0.806. The zero-order chi connectivity index (χ0) is 13.3. The molecule has 1 aliphatic rings. The Labute approximate surface area is 103 Å². The van der Waals surface area contributed by atoms with E-state index < -0.39 is 11.1 Å². The third kappa shape index (κ3) is 1.96. The van der Waals surface area contributed by atoms with Crippen LogP contribution in [0.15, 0.2) is 12.7 Å². The maximum absolute atomic E-state index is 12.5. The summed E-state index contributed by atoms with van der Waals surface area (Å²) < 4.78 is 0. The highest BCUT2D eigenvalue weighted by atomic mass is 16.2. The van der Waals surface area contributed by atoms with Crippen molar-refractivity contribution in [3.8, 4) is 0 Å². The van der Waals surface area contributed by atoms with E-state index in [-0.39, 0.29) is 11.8 Å². The highest BCUT2D eigenvalue weighted by Crippen LogP contribution is 2.30. The van der Waals surface area contributed by atoms with E-state index in [9.17, 15) is 9.59 Å². The predicted octanol–water partition coefficient (Wildman–Crippen LogP) is 1.47. The van der Waals surface area contributed by atoms with Crippen LogP contribution in [0.25, 0.3) is 0 Å². The average molecular weight is 238 g/mol. The van der Waals surface area contributed by atoms with E-state index >= 15 is 0 Å². The summed E-state index contributed by atoms with van der Waals surface area (Å²) >= 11 is 0. The van der Waals surface area contributed by atoms with Crippen LogP contribution in [0.5, 0.6) is 0 Å². The SMILES string of the molecule is C=CCN1C(=O)C(CC)(CC)NC(=O)C1(C)C. The molecular formula is C13H22N2O2. The van der Waals surface area contributed by atoms with E-state index in [0.29, 0.717) is 19.4 Å². The number of nitrogens with one attached hydrogen (secondary N) is 1. The second-order valence-electron chi connectivity index (χ2n) is 5.01. The number of piperazine rings is 1. The molecule has 0 saturated carbocycles. The summed E-state index contributed by atoms with van der Waals surface area (Å²) in [4.78, 5) is 26.3. The van der Waals surface area contributed by atoms with Gasteiger partial charge in [0.2, 0.25) is 11.8 Å². The number of carbonyl (C=O) groups is 2. The van der Waals surface area contributed by atoms with E-state index in [1.807, 2.05) is 13.8 Å². The van der Waals surface area contributed by atoms with Crippen molar-refractivity contribution < 1.29 is 9.59 Å². The van der Waals surface area contributed by atoms with Gasteiger partial charge in [0.15, 0.2) is 0 Å². The van der Waals surface area contributed by atoms with Crippen LogP contribution in [-0.2, 0) is 9.59 Å². The van der Waals surface area contributed by atoms with E-state index in [1.165, 1.54) is 0 Å². The van der Waals surface area contributed by atoms with Crippen molar-refractivity contribution in [2.24, 2.45) is 0 Å². The minimum absolute atomic E-state index is 0.00741. The molecule has 0 atom stereocenters. The highest BCUT2D eigenvalue weighted by Gasteiger charge is 2.52. The summed E-state index contributed by atoms with van der Waals surface area (Å²) in [6.45, 7) is 11.4. The van der Waals surface area contributed by atoms with E-state index in [4.69, 9.17) is 0 Å². The van der Waals surface area contributed by atoms with Gasteiger partial charge in [-0.2, -0.15) is 0 Å². The van der Waals surface area contributed by atoms with Gasteiger partial charge in [-0.1, -0.05) is 19.9 Å². The summed E-state index contributed by atoms with van der Waals surface area (Å²) in [5.41, 5.74) is -1.55. The Balaban J connectivity index is 3.19. The van der Waals surface area contributed by atoms with Gasteiger partial charge in [-0.15, -0.1) is 6.58 Å². The van der Waals surface area contributed by atoms with Crippen LogP contribution in [-0.4, -0.2) is 34.3 Å². The number of hydrogen-bond donors (Lipinski definition) is 1. The summed E-state index contributed by atoms with van der Waals surface area (Å²) in [5, 5.41) is 2.89. The molecule has 4 nitrogen and oxygen atoms in total. The molecule has 1 N–H and O–H groups in total. The molecule has 1 heterocycles. The van der Waals surface area contributed by atoms with Crippen molar-refractivity contribution in [3.63, 3.8) is 0 Å². The van der Waals surface area contributed by atoms with Crippen LogP contribution in [0.2, 0.25) is 0 Å². The molecule has 0 spiro atoms. The number of nitrogens with zero attached hydrogens (tertiary/aromatic N) is 1. The van der Waals surface area contributed by atoms with Crippen LogP contribution >= 0.6 is 0 Å². The molecule has 1 rings (SSSR count). The quantitative estimate of drug-likeness (QED) is 0.754. The zero-order valence-corrected chi connectivity index (χ0v) is 11.2. The molecule has 1 fully saturated rings. The van der Waals surface area contributed by atoms with Gasteiger partial charge < -0.3 is 10.2 Å². The van der Waals surface area contributed by atoms with Crippen molar-refractivity contribution >= 4 is 11.8 Å². The van der Waals surface area contributed by atoms with Crippen LogP contribution in [0, 0.1) is 0 Å². The van der Waals surface area contributed by atoms with Crippen molar-refractivity contribution in [3.05, 3.63) is 12.7 Å². The first-order valence-corrected chi connectivity index (χ1v) is 6.11. The summed E-state index contributed by atoms with van der Waals surface area (Å²) in [5.74, 6) is -0.102. The van der Waals surface area contributed by atoms with E-state index in [2.05, 4.69) is 11.9 Å². The van der Waals surface area contributed by atoms with Crippen LogP contribution in [0.1, 0.15) is 40.5 Å². The summed E-state index contributed by atoms with van der Waals surface area (Å²) in [6, 6.07) is 0. The molecule has 0 aromatic rings. The normalized spacial score (nSPS) is 22.2. The molecule has 0 aliphatic carbocycles. The van der Waals surface area contributed by atoms with Gasteiger partial charge in [-0.05, 0) is 26.7 Å². The Morgan fingerprint density at radius 1 is 1.29 bits per heavy atom. The largest absolute Gasteiger partial charge is 0.340 e. The lowest BCUT2D eigenvalue weighted by Crippen LogP contribution is -2.73. The van der Waals surface area contributed by atoms with Crippen molar-refractivity contribution in [1.29, 1.82) is 0 Å². The lowest BCUT2D eigenvalue weighted by molar-refractivity contribution is -0.160. The van der Waals surface area contributed by atoms with Crippen LogP contribution < -0.4 is 5.32 Å². The number of amides is 2. The fraction of sp³-hybridized carbons (Fsp3) is 0.692. The molecule has 2 amide bonds. The molecule has 1 aliphatic heterocycles. The van der Waals surface area contributed by atoms with Gasteiger partial charge in [0.05, 0.1) is 0 Å². The van der Waals surface area contributed by atoms with Gasteiger partial charge in [0, 0.05) is 6.54 Å². The first-order valence-electron chi connectivity index (χ1n) is 6.11. The smallest absolute Gasteiger partial charge is 0.249 e. The Morgan fingerprint density at radius 3 is 2.24 bits per heavy atom. The Bertz CT molecular complexity index is 343. The Morgan fingerprint density at radius 2 is 1.82 bits per heavy atom. The second kappa shape index (κ2) is 4.51. The molecule has 0 unspecified atom stereocenters. The maximum Gasteiger partial charge on any atom is 0.249 e. The topological polar surface area (TPSA) is 49.4 Å². The molecular weight excluding hydrogens is 216 g/mol. The fourth-order valence-electron chi connectivity index (χ4n) is 2.23. The highest BCUT2D eigenvalue weighted by molar-refractivity contribution is 6.01. The summed E-state index contributed by atoms with van der Waals surface area (Å²) in [7, 11) is 0. The lowest BCUT2D eigenvalue weighted by atomic mass is 9.83. The lowest BCUT2D eigenvalue weighted by Gasteiger charge is -2.49. The van der Waals surface area contributed by atoms with Gasteiger partial charge >= 0.3 is 0 Å². The zero-order valence-electron chi connectivity index (χ0n) is 11.2. The Kier molecular flexibility index (Phi) is 3.65. The van der Waals surface area contributed by atoms with Crippen molar-refractivity contribution in [1.82, 2.24) is 10.2 Å². The molecule has 4 heteroatoms. The number of rotatable bonds is 4.